The molecular formula is C18H27N3O2S. The Bertz CT molecular complexity index is 605. The molecule has 5 nitrogen and oxygen atoms in total. The number of carboxylic acid groups (broad SMARTS) is 1. The normalized spacial score (nSPS) is 12.5. The van der Waals surface area contributed by atoms with Gasteiger partial charge in [0.15, 0.2) is 0 Å². The van der Waals surface area contributed by atoms with Crippen LogP contribution in [0.15, 0.2) is 17.2 Å². The van der Waals surface area contributed by atoms with E-state index >= 15 is 0 Å². The van der Waals surface area contributed by atoms with Gasteiger partial charge in [-0.05, 0) is 37.3 Å². The molecule has 0 saturated carbocycles. The fourth-order valence-corrected chi connectivity index (χ4v) is 3.47. The van der Waals surface area contributed by atoms with Crippen molar-refractivity contribution < 1.29 is 9.90 Å². The van der Waals surface area contributed by atoms with Crippen molar-refractivity contribution in [2.75, 3.05) is 13.1 Å². The van der Waals surface area contributed by atoms with Crippen LogP contribution >= 0.6 is 11.8 Å². The second-order valence-corrected chi connectivity index (χ2v) is 8.41. The third kappa shape index (κ3) is 6.79. The van der Waals surface area contributed by atoms with Crippen molar-refractivity contribution >= 4 is 17.9 Å². The van der Waals surface area contributed by atoms with E-state index in [1.807, 2.05) is 33.8 Å². The van der Waals surface area contributed by atoms with Crippen LogP contribution in [0.4, 0.5) is 4.79 Å². The molecular weight excluding hydrogens is 322 g/mol. The molecule has 0 aromatic carbocycles. The predicted molar refractivity (Wildman–Crippen MR) is 97.3 cm³/mol. The lowest BCUT2D eigenvalue weighted by Gasteiger charge is -2.29. The molecule has 132 valence electrons. The van der Waals surface area contributed by atoms with E-state index in [1.165, 1.54) is 4.90 Å². The van der Waals surface area contributed by atoms with Crippen LogP contribution in [0.25, 0.3) is 0 Å². The van der Waals surface area contributed by atoms with E-state index in [0.717, 1.165) is 23.6 Å². The maximum Gasteiger partial charge on any atom is 0.407 e. The number of aromatic nitrogens is 1. The summed E-state index contributed by atoms with van der Waals surface area (Å²) >= 11 is 1.57. The molecule has 1 aromatic heterocycles. The van der Waals surface area contributed by atoms with Crippen molar-refractivity contribution in [3.63, 3.8) is 0 Å². The van der Waals surface area contributed by atoms with Gasteiger partial charge >= 0.3 is 6.09 Å². The van der Waals surface area contributed by atoms with E-state index in [-0.39, 0.29) is 10.7 Å². The number of amides is 1. The fourth-order valence-electron chi connectivity index (χ4n) is 2.33. The summed E-state index contributed by atoms with van der Waals surface area (Å²) in [5.41, 5.74) is 1.39. The molecule has 6 heteroatoms. The molecule has 0 fully saturated rings. The Kier molecular flexibility index (Phi) is 7.56. The number of carbonyl (C=O) groups is 1. The van der Waals surface area contributed by atoms with Crippen LogP contribution in [0.2, 0.25) is 0 Å². The van der Waals surface area contributed by atoms with Gasteiger partial charge in [0, 0.05) is 24.0 Å². The zero-order chi connectivity index (χ0) is 18.3. The summed E-state index contributed by atoms with van der Waals surface area (Å²) in [6, 6.07) is 5.80. The van der Waals surface area contributed by atoms with Crippen LogP contribution in [-0.4, -0.2) is 39.4 Å². The Morgan fingerprint density at radius 3 is 2.62 bits per heavy atom. The zero-order valence-electron chi connectivity index (χ0n) is 15.2. The van der Waals surface area contributed by atoms with Gasteiger partial charge in [-0.15, -0.1) is 11.8 Å². The Morgan fingerprint density at radius 2 is 2.12 bits per heavy atom. The van der Waals surface area contributed by atoms with Crippen LogP contribution in [0, 0.1) is 23.7 Å². The molecule has 1 rings (SSSR count). The van der Waals surface area contributed by atoms with Crippen LogP contribution in [-0.2, 0) is 0 Å². The van der Waals surface area contributed by atoms with E-state index in [4.69, 9.17) is 0 Å². The molecule has 1 unspecified atom stereocenters. The predicted octanol–water partition coefficient (Wildman–Crippen LogP) is 4.55. The standard InChI is InChI=1S/C18H27N3O2S/c1-6-15(9-10-21(17(22)23)12-18(3,4)5)24-16-14(11-19)8-7-13(2)20-16/h7-8,15H,6,9-10,12H2,1-5H3,(H,22,23). The van der Waals surface area contributed by atoms with Gasteiger partial charge in [0.1, 0.15) is 11.1 Å². The quantitative estimate of drug-likeness (QED) is 0.731. The summed E-state index contributed by atoms with van der Waals surface area (Å²) in [6.07, 6.45) is 0.759. The first-order valence-electron chi connectivity index (χ1n) is 8.18. The van der Waals surface area contributed by atoms with Crippen molar-refractivity contribution in [3.8, 4) is 6.07 Å². The van der Waals surface area contributed by atoms with E-state index < -0.39 is 6.09 Å². The van der Waals surface area contributed by atoms with Crippen LogP contribution in [0.1, 0.15) is 51.8 Å². The first-order valence-corrected chi connectivity index (χ1v) is 9.06. The topological polar surface area (TPSA) is 77.2 Å². The molecule has 0 aliphatic heterocycles. The van der Waals surface area contributed by atoms with Crippen LogP contribution in [0.5, 0.6) is 0 Å². The summed E-state index contributed by atoms with van der Waals surface area (Å²) in [7, 11) is 0. The Labute approximate surface area is 149 Å². The number of nitriles is 1. The molecule has 0 aliphatic carbocycles. The number of pyridine rings is 1. The van der Waals surface area contributed by atoms with E-state index in [2.05, 4.69) is 18.0 Å². The Hall–Kier alpha value is -1.74. The lowest BCUT2D eigenvalue weighted by Crippen LogP contribution is -2.38. The summed E-state index contributed by atoms with van der Waals surface area (Å²) in [4.78, 5) is 17.4. The van der Waals surface area contributed by atoms with Crippen LogP contribution in [0.3, 0.4) is 0 Å². The maximum atomic E-state index is 11.4. The molecule has 0 bridgehead atoms. The second-order valence-electron chi connectivity index (χ2n) is 7.12. The van der Waals surface area contributed by atoms with Crippen molar-refractivity contribution in [2.45, 2.75) is 57.7 Å². The fraction of sp³-hybridized carbons (Fsp3) is 0.611. The van der Waals surface area contributed by atoms with Crippen molar-refractivity contribution in [1.29, 1.82) is 5.26 Å². The maximum absolute atomic E-state index is 11.4. The van der Waals surface area contributed by atoms with Gasteiger partial charge < -0.3 is 10.0 Å². The molecule has 0 spiro atoms. The average molecular weight is 350 g/mol. The Morgan fingerprint density at radius 1 is 1.46 bits per heavy atom. The van der Waals surface area contributed by atoms with Gasteiger partial charge in [-0.3, -0.25) is 0 Å². The van der Waals surface area contributed by atoms with E-state index in [9.17, 15) is 15.2 Å². The smallest absolute Gasteiger partial charge is 0.407 e. The van der Waals surface area contributed by atoms with E-state index in [1.54, 1.807) is 17.8 Å². The first kappa shape index (κ1) is 20.3. The third-order valence-corrected chi connectivity index (χ3v) is 4.95. The summed E-state index contributed by atoms with van der Waals surface area (Å²) in [6.45, 7) is 11.1. The van der Waals surface area contributed by atoms with Gasteiger partial charge in [0.2, 0.25) is 0 Å². The van der Waals surface area contributed by atoms with Gasteiger partial charge in [0.05, 0.1) is 5.56 Å². The molecule has 1 aromatic rings. The molecule has 1 amide bonds. The van der Waals surface area contributed by atoms with Gasteiger partial charge in [-0.2, -0.15) is 5.26 Å². The average Bonchev–Trinajstić information content (AvgIpc) is 2.48. The minimum absolute atomic E-state index is 0.0701. The highest BCUT2D eigenvalue weighted by atomic mass is 32.2. The van der Waals surface area contributed by atoms with Crippen molar-refractivity contribution in [3.05, 3.63) is 23.4 Å². The molecule has 0 saturated heterocycles. The highest BCUT2D eigenvalue weighted by molar-refractivity contribution is 7.99. The number of nitrogens with zero attached hydrogens (tertiary/aromatic N) is 3. The largest absolute Gasteiger partial charge is 0.465 e. The van der Waals surface area contributed by atoms with Crippen molar-refractivity contribution in [1.82, 2.24) is 9.88 Å². The second kappa shape index (κ2) is 8.93. The number of aryl methyl sites for hydroxylation is 1. The number of rotatable bonds is 7. The van der Waals surface area contributed by atoms with Crippen molar-refractivity contribution in [2.24, 2.45) is 5.41 Å². The number of hydrogen-bond donors (Lipinski definition) is 1. The molecule has 1 atom stereocenters. The molecule has 1 N–H and O–H groups in total. The molecule has 1 heterocycles. The molecule has 0 radical (unpaired) electrons. The monoisotopic (exact) mass is 349 g/mol. The highest BCUT2D eigenvalue weighted by Gasteiger charge is 2.22. The van der Waals surface area contributed by atoms with Gasteiger partial charge in [-0.1, -0.05) is 27.7 Å². The lowest BCUT2D eigenvalue weighted by atomic mass is 9.96. The van der Waals surface area contributed by atoms with Crippen LogP contribution < -0.4 is 0 Å². The minimum Gasteiger partial charge on any atom is -0.465 e. The molecule has 24 heavy (non-hydrogen) atoms. The molecule has 0 aliphatic rings. The Balaban J connectivity index is 2.76. The zero-order valence-corrected chi connectivity index (χ0v) is 16.0. The highest BCUT2D eigenvalue weighted by Crippen LogP contribution is 2.29. The minimum atomic E-state index is -0.879. The lowest BCUT2D eigenvalue weighted by molar-refractivity contribution is 0.125. The summed E-state index contributed by atoms with van der Waals surface area (Å²) in [5, 5.41) is 19.6. The SMILES string of the molecule is CCC(CCN(CC(C)(C)C)C(=O)O)Sc1nc(C)ccc1C#N. The number of thioether (sulfide) groups is 1. The first-order chi connectivity index (χ1) is 11.2. The van der Waals surface area contributed by atoms with Gasteiger partial charge in [0.25, 0.3) is 0 Å². The number of hydrogen-bond acceptors (Lipinski definition) is 4. The summed E-state index contributed by atoms with van der Waals surface area (Å²) in [5.74, 6) is 0. The summed E-state index contributed by atoms with van der Waals surface area (Å²) < 4.78 is 0. The van der Waals surface area contributed by atoms with Gasteiger partial charge in [-0.25, -0.2) is 9.78 Å². The third-order valence-electron chi connectivity index (χ3n) is 3.51. The van der Waals surface area contributed by atoms with E-state index in [0.29, 0.717) is 18.7 Å².